The molecule has 2 saturated heterocycles. The Morgan fingerprint density at radius 2 is 1.80 bits per heavy atom. The lowest BCUT2D eigenvalue weighted by molar-refractivity contribution is 0.0625. The zero-order valence-electron chi connectivity index (χ0n) is 11.4. The molecule has 1 amide bonds. The molecular formula is C15H19N3O2. The second-order valence-corrected chi connectivity index (χ2v) is 6.69. The van der Waals surface area contributed by atoms with Crippen molar-refractivity contribution in [2.24, 2.45) is 17.8 Å². The molecular weight excluding hydrogens is 254 g/mol. The van der Waals surface area contributed by atoms with Gasteiger partial charge in [0.2, 0.25) is 0 Å². The van der Waals surface area contributed by atoms with E-state index < -0.39 is 0 Å². The normalized spacial score (nSPS) is 35.1. The number of fused-ring (bicyclic) bond motifs is 1. The summed E-state index contributed by atoms with van der Waals surface area (Å²) in [6.07, 6.45) is 6.25. The Balaban J connectivity index is 1.63. The fraction of sp³-hybridized carbons (Fsp3) is 0.667. The molecule has 0 spiro atoms. The fourth-order valence-corrected chi connectivity index (χ4v) is 4.64. The standard InChI is InChI=1S/C15H19N3O2/c19-14-2-1-13(16-17-14)15(20)18-8-11-4-9-3-10(5-11)7-12(18)6-9/h1-2,9-12H,3-8H2,(H,17,19)/t9-,10+,11?,12?. The average Bonchev–Trinajstić information content (AvgIpc) is 2.63. The molecule has 4 atom stereocenters. The quantitative estimate of drug-likeness (QED) is 0.841. The van der Waals surface area contributed by atoms with Crippen LogP contribution >= 0.6 is 0 Å². The number of amides is 1. The third-order valence-electron chi connectivity index (χ3n) is 5.27. The molecule has 1 aromatic rings. The van der Waals surface area contributed by atoms with Gasteiger partial charge >= 0.3 is 0 Å². The molecule has 2 aliphatic carbocycles. The van der Waals surface area contributed by atoms with Crippen molar-refractivity contribution in [2.45, 2.75) is 38.1 Å². The second kappa shape index (κ2) is 4.43. The van der Waals surface area contributed by atoms with Gasteiger partial charge in [-0.15, -0.1) is 0 Å². The maximum Gasteiger partial charge on any atom is 0.274 e. The Morgan fingerprint density at radius 1 is 1.10 bits per heavy atom. The number of nitrogens with one attached hydrogen (secondary N) is 1. The topological polar surface area (TPSA) is 66.1 Å². The van der Waals surface area contributed by atoms with Gasteiger partial charge in [0, 0.05) is 18.7 Å². The molecule has 1 aromatic heterocycles. The third kappa shape index (κ3) is 1.96. The molecule has 2 saturated carbocycles. The number of carbonyl (C=O) groups excluding carboxylic acids is 1. The number of aromatic nitrogens is 2. The minimum atomic E-state index is -0.266. The van der Waals surface area contributed by atoms with E-state index in [1.807, 2.05) is 4.90 Å². The van der Waals surface area contributed by atoms with Gasteiger partial charge < -0.3 is 4.90 Å². The molecule has 0 radical (unpaired) electrons. The average molecular weight is 273 g/mol. The molecule has 4 aliphatic rings. The number of nitrogens with zero attached hydrogens (tertiary/aromatic N) is 2. The lowest BCUT2D eigenvalue weighted by Gasteiger charge is -2.38. The molecule has 2 unspecified atom stereocenters. The summed E-state index contributed by atoms with van der Waals surface area (Å²) in [7, 11) is 0. The molecule has 4 bridgehead atoms. The zero-order chi connectivity index (χ0) is 13.7. The number of H-pyrrole nitrogens is 1. The largest absolute Gasteiger partial charge is 0.334 e. The summed E-state index contributed by atoms with van der Waals surface area (Å²) >= 11 is 0. The molecule has 5 heteroatoms. The smallest absolute Gasteiger partial charge is 0.274 e. The van der Waals surface area contributed by atoms with Gasteiger partial charge in [0.25, 0.3) is 11.5 Å². The first-order chi connectivity index (χ1) is 9.69. The highest BCUT2D eigenvalue weighted by Crippen LogP contribution is 2.47. The summed E-state index contributed by atoms with van der Waals surface area (Å²) in [6.45, 7) is 0.872. The predicted molar refractivity (Wildman–Crippen MR) is 73.2 cm³/mol. The molecule has 4 fully saturated rings. The van der Waals surface area contributed by atoms with Crippen LogP contribution in [0.15, 0.2) is 16.9 Å². The van der Waals surface area contributed by atoms with E-state index >= 15 is 0 Å². The van der Waals surface area contributed by atoms with Gasteiger partial charge in [-0.25, -0.2) is 5.10 Å². The SMILES string of the molecule is O=C(c1ccc(=O)[nH]n1)N1CC2C[C@@H]3CC1C[C@H](C2)C3. The van der Waals surface area contributed by atoms with Crippen molar-refractivity contribution < 1.29 is 4.79 Å². The Hall–Kier alpha value is -1.65. The molecule has 5 nitrogen and oxygen atoms in total. The molecule has 20 heavy (non-hydrogen) atoms. The first kappa shape index (κ1) is 12.1. The van der Waals surface area contributed by atoms with Crippen LogP contribution in [-0.2, 0) is 0 Å². The van der Waals surface area contributed by atoms with E-state index in [4.69, 9.17) is 0 Å². The van der Waals surface area contributed by atoms with Crippen molar-refractivity contribution >= 4 is 5.91 Å². The Labute approximate surface area is 117 Å². The van der Waals surface area contributed by atoms with E-state index in [1.54, 1.807) is 0 Å². The second-order valence-electron chi connectivity index (χ2n) is 6.69. The summed E-state index contributed by atoms with van der Waals surface area (Å²) in [5.41, 5.74) is 0.100. The van der Waals surface area contributed by atoms with Gasteiger partial charge in [0.05, 0.1) is 0 Å². The predicted octanol–water partition coefficient (Wildman–Crippen LogP) is 1.42. The number of rotatable bonds is 1. The van der Waals surface area contributed by atoms with Crippen molar-refractivity contribution in [3.05, 3.63) is 28.2 Å². The van der Waals surface area contributed by atoms with Gasteiger partial charge in [-0.3, -0.25) is 9.59 Å². The van der Waals surface area contributed by atoms with Gasteiger partial charge in [-0.2, -0.15) is 5.10 Å². The van der Waals surface area contributed by atoms with E-state index in [0.717, 1.165) is 31.2 Å². The Morgan fingerprint density at radius 3 is 2.45 bits per heavy atom. The monoisotopic (exact) mass is 273 g/mol. The maximum absolute atomic E-state index is 12.7. The summed E-state index contributed by atoms with van der Waals surface area (Å²) in [5.74, 6) is 2.29. The summed E-state index contributed by atoms with van der Waals surface area (Å²) in [4.78, 5) is 25.8. The summed E-state index contributed by atoms with van der Waals surface area (Å²) < 4.78 is 0. The van der Waals surface area contributed by atoms with Crippen LogP contribution in [0.5, 0.6) is 0 Å². The Kier molecular flexibility index (Phi) is 2.69. The van der Waals surface area contributed by atoms with Crippen molar-refractivity contribution in [2.75, 3.05) is 6.54 Å². The van der Waals surface area contributed by atoms with Gasteiger partial charge in [-0.1, -0.05) is 0 Å². The highest BCUT2D eigenvalue weighted by molar-refractivity contribution is 5.92. The first-order valence-corrected chi connectivity index (χ1v) is 7.55. The van der Waals surface area contributed by atoms with Crippen LogP contribution < -0.4 is 5.56 Å². The molecule has 0 aromatic carbocycles. The number of aromatic amines is 1. The number of hydrogen-bond donors (Lipinski definition) is 1. The van der Waals surface area contributed by atoms with Crippen LogP contribution in [0.2, 0.25) is 0 Å². The van der Waals surface area contributed by atoms with Crippen LogP contribution in [0, 0.1) is 17.8 Å². The molecule has 2 aliphatic heterocycles. The number of hydrogen-bond acceptors (Lipinski definition) is 3. The third-order valence-corrected chi connectivity index (χ3v) is 5.27. The minimum Gasteiger partial charge on any atom is -0.334 e. The van der Waals surface area contributed by atoms with E-state index in [0.29, 0.717) is 17.7 Å². The number of carbonyl (C=O) groups is 1. The van der Waals surface area contributed by atoms with Crippen LogP contribution in [-0.4, -0.2) is 33.6 Å². The van der Waals surface area contributed by atoms with Crippen molar-refractivity contribution in [3.63, 3.8) is 0 Å². The van der Waals surface area contributed by atoms with E-state index in [1.165, 1.54) is 31.4 Å². The van der Waals surface area contributed by atoms with E-state index in [-0.39, 0.29) is 11.5 Å². The minimum absolute atomic E-state index is 0.0144. The zero-order valence-corrected chi connectivity index (χ0v) is 11.4. The van der Waals surface area contributed by atoms with Gasteiger partial charge in [0.1, 0.15) is 5.69 Å². The van der Waals surface area contributed by atoms with Crippen LogP contribution in [0.4, 0.5) is 0 Å². The summed E-state index contributed by atoms with van der Waals surface area (Å²) in [5, 5.41) is 6.26. The van der Waals surface area contributed by atoms with Crippen LogP contribution in [0.25, 0.3) is 0 Å². The van der Waals surface area contributed by atoms with Crippen LogP contribution in [0.1, 0.15) is 42.6 Å². The van der Waals surface area contributed by atoms with Crippen molar-refractivity contribution in [1.29, 1.82) is 0 Å². The lowest BCUT2D eigenvalue weighted by Crippen LogP contribution is -2.42. The molecule has 1 N–H and O–H groups in total. The van der Waals surface area contributed by atoms with Gasteiger partial charge in [0.15, 0.2) is 0 Å². The highest BCUT2D eigenvalue weighted by atomic mass is 16.2. The first-order valence-electron chi connectivity index (χ1n) is 7.55. The fourth-order valence-electron chi connectivity index (χ4n) is 4.64. The van der Waals surface area contributed by atoms with Crippen molar-refractivity contribution in [1.82, 2.24) is 15.1 Å². The summed E-state index contributed by atoms with van der Waals surface area (Å²) in [6, 6.07) is 3.30. The van der Waals surface area contributed by atoms with E-state index in [2.05, 4.69) is 10.2 Å². The van der Waals surface area contributed by atoms with Gasteiger partial charge in [-0.05, 0) is 55.9 Å². The molecule has 106 valence electrons. The van der Waals surface area contributed by atoms with E-state index in [9.17, 15) is 9.59 Å². The highest BCUT2D eigenvalue weighted by Gasteiger charge is 2.44. The maximum atomic E-state index is 12.7. The van der Waals surface area contributed by atoms with Crippen LogP contribution in [0.3, 0.4) is 0 Å². The molecule has 3 heterocycles. The Bertz CT molecular complexity index is 563. The van der Waals surface area contributed by atoms with Crippen molar-refractivity contribution in [3.8, 4) is 0 Å². The molecule has 5 rings (SSSR count). The lowest BCUT2D eigenvalue weighted by atomic mass is 9.68.